The molecule has 0 saturated carbocycles. The minimum atomic E-state index is -3.34. The maximum Gasteiger partial charge on any atom is 0.231 e. The summed E-state index contributed by atoms with van der Waals surface area (Å²) >= 11 is 0. The SMILES string of the molecule is CS(=O)(=O)c1c(C2CCCN2)ccc2c1OCO2. The van der Waals surface area contributed by atoms with Crippen molar-refractivity contribution in [1.82, 2.24) is 5.32 Å². The Hall–Kier alpha value is -1.27. The number of rotatable bonds is 2. The van der Waals surface area contributed by atoms with Crippen LogP contribution in [0.4, 0.5) is 0 Å². The van der Waals surface area contributed by atoms with Crippen LogP contribution in [-0.4, -0.2) is 28.0 Å². The summed E-state index contributed by atoms with van der Waals surface area (Å²) in [6.07, 6.45) is 3.22. The molecule has 1 N–H and O–H groups in total. The number of benzene rings is 1. The van der Waals surface area contributed by atoms with Crippen LogP contribution in [0.1, 0.15) is 24.4 Å². The summed E-state index contributed by atoms with van der Waals surface area (Å²) < 4.78 is 34.6. The Kier molecular flexibility index (Phi) is 2.71. The van der Waals surface area contributed by atoms with Gasteiger partial charge in [0, 0.05) is 12.3 Å². The minimum Gasteiger partial charge on any atom is -0.454 e. The molecule has 18 heavy (non-hydrogen) atoms. The smallest absolute Gasteiger partial charge is 0.231 e. The van der Waals surface area contributed by atoms with E-state index < -0.39 is 9.84 Å². The molecule has 2 heterocycles. The van der Waals surface area contributed by atoms with Crippen molar-refractivity contribution < 1.29 is 17.9 Å². The molecule has 6 heteroatoms. The zero-order chi connectivity index (χ0) is 12.8. The molecule has 0 amide bonds. The number of hydrogen-bond donors (Lipinski definition) is 1. The topological polar surface area (TPSA) is 64.6 Å². The molecule has 1 unspecified atom stereocenters. The third-order valence-electron chi connectivity index (χ3n) is 3.33. The first-order valence-electron chi connectivity index (χ1n) is 5.93. The second kappa shape index (κ2) is 4.13. The average Bonchev–Trinajstić information content (AvgIpc) is 2.97. The van der Waals surface area contributed by atoms with Crippen LogP contribution in [0.2, 0.25) is 0 Å². The van der Waals surface area contributed by atoms with Crippen LogP contribution in [0.3, 0.4) is 0 Å². The van der Waals surface area contributed by atoms with Gasteiger partial charge in [-0.15, -0.1) is 0 Å². The van der Waals surface area contributed by atoms with Crippen molar-refractivity contribution in [3.05, 3.63) is 17.7 Å². The number of nitrogens with one attached hydrogen (secondary N) is 1. The molecule has 0 spiro atoms. The molecular weight excluding hydrogens is 254 g/mol. The Morgan fingerprint density at radius 3 is 2.83 bits per heavy atom. The van der Waals surface area contributed by atoms with Gasteiger partial charge in [-0.05, 0) is 31.0 Å². The molecule has 0 radical (unpaired) electrons. The summed E-state index contributed by atoms with van der Waals surface area (Å²) in [5, 5.41) is 3.32. The van der Waals surface area contributed by atoms with Gasteiger partial charge in [-0.3, -0.25) is 0 Å². The summed E-state index contributed by atoms with van der Waals surface area (Å²) in [5.74, 6) is 0.876. The minimum absolute atomic E-state index is 0.0827. The number of hydrogen-bond acceptors (Lipinski definition) is 5. The second-order valence-corrected chi connectivity index (χ2v) is 6.59. The van der Waals surface area contributed by atoms with Gasteiger partial charge in [-0.2, -0.15) is 0 Å². The molecule has 2 aliphatic rings. The highest BCUT2D eigenvalue weighted by atomic mass is 32.2. The molecule has 1 saturated heterocycles. The summed E-state index contributed by atoms with van der Waals surface area (Å²) in [4.78, 5) is 0.275. The molecule has 3 rings (SSSR count). The lowest BCUT2D eigenvalue weighted by molar-refractivity contribution is 0.172. The van der Waals surface area contributed by atoms with Gasteiger partial charge in [0.15, 0.2) is 21.3 Å². The Balaban J connectivity index is 2.19. The highest BCUT2D eigenvalue weighted by Gasteiger charge is 2.31. The van der Waals surface area contributed by atoms with Crippen molar-refractivity contribution >= 4 is 9.84 Å². The molecule has 1 aromatic rings. The standard InChI is InChI=1S/C12H15NO4S/c1-18(14,15)12-8(9-3-2-6-13-9)4-5-10-11(12)17-7-16-10/h4-5,9,13H,2-3,6-7H2,1H3. The van der Waals surface area contributed by atoms with Crippen molar-refractivity contribution in [2.24, 2.45) is 0 Å². The predicted octanol–water partition coefficient (Wildman–Crippen LogP) is 1.24. The molecule has 0 aliphatic carbocycles. The number of ether oxygens (including phenoxy) is 2. The third-order valence-corrected chi connectivity index (χ3v) is 4.49. The van der Waals surface area contributed by atoms with E-state index in [1.807, 2.05) is 6.07 Å². The lowest BCUT2D eigenvalue weighted by Crippen LogP contribution is -2.16. The molecule has 1 fully saturated rings. The lowest BCUT2D eigenvalue weighted by atomic mass is 10.0. The zero-order valence-corrected chi connectivity index (χ0v) is 10.9. The van der Waals surface area contributed by atoms with Crippen LogP contribution in [0.15, 0.2) is 17.0 Å². The van der Waals surface area contributed by atoms with Crippen molar-refractivity contribution in [1.29, 1.82) is 0 Å². The van der Waals surface area contributed by atoms with Crippen molar-refractivity contribution in [2.75, 3.05) is 19.6 Å². The van der Waals surface area contributed by atoms with Gasteiger partial charge in [0.2, 0.25) is 6.79 Å². The Morgan fingerprint density at radius 2 is 2.17 bits per heavy atom. The molecular formula is C12H15NO4S. The first-order chi connectivity index (χ1) is 8.57. The van der Waals surface area contributed by atoms with Crippen molar-refractivity contribution in [3.8, 4) is 11.5 Å². The first-order valence-corrected chi connectivity index (χ1v) is 7.82. The van der Waals surface area contributed by atoms with Crippen LogP contribution >= 0.6 is 0 Å². The Bertz CT molecular complexity index is 576. The van der Waals surface area contributed by atoms with E-state index in [0.717, 1.165) is 24.9 Å². The second-order valence-electron chi connectivity index (χ2n) is 4.64. The Morgan fingerprint density at radius 1 is 1.33 bits per heavy atom. The fourth-order valence-corrected chi connectivity index (χ4v) is 3.70. The van der Waals surface area contributed by atoms with Gasteiger partial charge in [0.05, 0.1) is 0 Å². The van der Waals surface area contributed by atoms with Gasteiger partial charge >= 0.3 is 0 Å². The average molecular weight is 269 g/mol. The van der Waals surface area contributed by atoms with E-state index in [1.54, 1.807) is 6.07 Å². The van der Waals surface area contributed by atoms with E-state index in [1.165, 1.54) is 6.26 Å². The lowest BCUT2D eigenvalue weighted by Gasteiger charge is -2.16. The maximum atomic E-state index is 12.0. The van der Waals surface area contributed by atoms with Gasteiger partial charge in [0.1, 0.15) is 4.90 Å². The van der Waals surface area contributed by atoms with Gasteiger partial charge in [0.25, 0.3) is 0 Å². The number of sulfone groups is 1. The predicted molar refractivity (Wildman–Crippen MR) is 65.7 cm³/mol. The van der Waals surface area contributed by atoms with E-state index in [4.69, 9.17) is 9.47 Å². The first kappa shape index (κ1) is 11.8. The van der Waals surface area contributed by atoms with E-state index in [9.17, 15) is 8.42 Å². The summed E-state index contributed by atoms with van der Waals surface area (Å²) in [6, 6.07) is 3.70. The van der Waals surface area contributed by atoms with Crippen LogP contribution in [0.25, 0.3) is 0 Å². The molecule has 5 nitrogen and oxygen atoms in total. The van der Waals surface area contributed by atoms with Gasteiger partial charge in [-0.1, -0.05) is 6.07 Å². The van der Waals surface area contributed by atoms with E-state index in [2.05, 4.69) is 5.32 Å². The molecule has 1 aromatic carbocycles. The third kappa shape index (κ3) is 1.85. The normalized spacial score (nSPS) is 22.4. The van der Waals surface area contributed by atoms with Crippen LogP contribution < -0.4 is 14.8 Å². The zero-order valence-electron chi connectivity index (χ0n) is 10.1. The molecule has 0 aromatic heterocycles. The van der Waals surface area contributed by atoms with Crippen LogP contribution in [0.5, 0.6) is 11.5 Å². The molecule has 0 bridgehead atoms. The van der Waals surface area contributed by atoms with Crippen LogP contribution in [0, 0.1) is 0 Å². The van der Waals surface area contributed by atoms with Crippen molar-refractivity contribution in [2.45, 2.75) is 23.8 Å². The summed E-state index contributed by atoms with van der Waals surface area (Å²) in [6.45, 7) is 1.00. The van der Waals surface area contributed by atoms with Crippen LogP contribution in [-0.2, 0) is 9.84 Å². The summed E-state index contributed by atoms with van der Waals surface area (Å²) in [7, 11) is -3.34. The largest absolute Gasteiger partial charge is 0.454 e. The maximum absolute atomic E-state index is 12.0. The number of fused-ring (bicyclic) bond motifs is 1. The van der Waals surface area contributed by atoms with E-state index in [0.29, 0.717) is 11.5 Å². The molecule has 1 atom stereocenters. The molecule has 98 valence electrons. The van der Waals surface area contributed by atoms with Crippen molar-refractivity contribution in [3.63, 3.8) is 0 Å². The quantitative estimate of drug-likeness (QED) is 0.875. The summed E-state index contributed by atoms with van der Waals surface area (Å²) in [5.41, 5.74) is 0.791. The fraction of sp³-hybridized carbons (Fsp3) is 0.500. The Labute approximate surface area is 106 Å². The monoisotopic (exact) mass is 269 g/mol. The highest BCUT2D eigenvalue weighted by Crippen LogP contribution is 2.43. The van der Waals surface area contributed by atoms with E-state index >= 15 is 0 Å². The highest BCUT2D eigenvalue weighted by molar-refractivity contribution is 7.90. The van der Waals surface area contributed by atoms with E-state index in [-0.39, 0.29) is 17.7 Å². The molecule has 2 aliphatic heterocycles. The van der Waals surface area contributed by atoms with Gasteiger partial charge in [-0.25, -0.2) is 8.42 Å². The van der Waals surface area contributed by atoms with Gasteiger partial charge < -0.3 is 14.8 Å². The fourth-order valence-electron chi connectivity index (χ4n) is 2.57.